The number of ether oxygens (including phenoxy) is 11. The molecule has 4 aliphatic heterocycles. The highest BCUT2D eigenvalue weighted by atomic mass is 16.7. The lowest BCUT2D eigenvalue weighted by Crippen LogP contribution is -2.63. The molecule has 2 unspecified atom stereocenters. The Labute approximate surface area is 352 Å². The monoisotopic (exact) mass is 862 g/mol. The van der Waals surface area contributed by atoms with Gasteiger partial charge in [-0.3, -0.25) is 28.8 Å². The van der Waals surface area contributed by atoms with Gasteiger partial charge < -0.3 is 57.0 Å². The molecule has 4 aliphatic rings. The van der Waals surface area contributed by atoms with Crippen LogP contribution in [-0.4, -0.2) is 136 Å². The average molecular weight is 863 g/mol. The highest BCUT2D eigenvalue weighted by Gasteiger charge is 2.54. The van der Waals surface area contributed by atoms with Crippen LogP contribution in [0.2, 0.25) is 0 Å². The number of fused-ring (bicyclic) bond motifs is 2. The molecule has 3 fully saturated rings. The van der Waals surface area contributed by atoms with E-state index in [9.17, 15) is 33.6 Å². The Balaban J connectivity index is 1.67. The number of amides is 2. The zero-order valence-electron chi connectivity index (χ0n) is 35.0. The van der Waals surface area contributed by atoms with Crippen LogP contribution < -0.4 is 14.4 Å². The molecule has 1 aromatic carbocycles. The van der Waals surface area contributed by atoms with Crippen LogP contribution in [0.25, 0.3) is 0 Å². The Hall–Kier alpha value is -5.47. The molecule has 8 atom stereocenters. The van der Waals surface area contributed by atoms with Gasteiger partial charge in [0.2, 0.25) is 12.4 Å². The summed E-state index contributed by atoms with van der Waals surface area (Å²) in [6.45, 7) is 8.03. The van der Waals surface area contributed by atoms with E-state index in [4.69, 9.17) is 52.1 Å². The van der Waals surface area contributed by atoms with Crippen molar-refractivity contribution < 1.29 is 85.7 Å². The van der Waals surface area contributed by atoms with Gasteiger partial charge in [-0.2, -0.15) is 0 Å². The summed E-state index contributed by atoms with van der Waals surface area (Å²) >= 11 is 0. The van der Waals surface area contributed by atoms with Crippen molar-refractivity contribution in [2.24, 2.45) is 0 Å². The number of hydrogen-bond acceptors (Lipinski definition) is 18. The fraction of sp³-hybridized carbons (Fsp3) is 0.634. The maximum absolute atomic E-state index is 14.8. The number of anilines is 1. The first-order valence-electron chi connectivity index (χ1n) is 20.2. The molecular formula is C41H54N2O18. The van der Waals surface area contributed by atoms with Crippen molar-refractivity contribution in [3.05, 3.63) is 30.4 Å². The SMILES string of the molecule is C=CCOC(=O)N1c2cc(OCCCC(=O)OC)c(O[C@@H]3O[C@H](COC(C)=O)[C@H](OC(C)=O)[C@H](OC(C)=O)[C@H]3OC(C)=O)cc2C(=O)N2CCCC[C@H]2C1OC1CCCCO1. The highest BCUT2D eigenvalue weighted by Crippen LogP contribution is 2.44. The van der Waals surface area contributed by atoms with Crippen molar-refractivity contribution in [1.29, 1.82) is 0 Å². The molecule has 5 rings (SSSR count). The summed E-state index contributed by atoms with van der Waals surface area (Å²) in [6.07, 6.45) is -4.73. The number of piperidine rings is 1. The van der Waals surface area contributed by atoms with Gasteiger partial charge in [-0.1, -0.05) is 12.7 Å². The largest absolute Gasteiger partial charge is 0.490 e. The first-order chi connectivity index (χ1) is 29.2. The van der Waals surface area contributed by atoms with E-state index in [2.05, 4.69) is 6.58 Å². The Morgan fingerprint density at radius 3 is 2.21 bits per heavy atom. The van der Waals surface area contributed by atoms with Gasteiger partial charge in [0.1, 0.15) is 19.3 Å². The fourth-order valence-corrected chi connectivity index (χ4v) is 7.53. The molecule has 0 aromatic heterocycles. The molecule has 2 amide bonds. The van der Waals surface area contributed by atoms with Crippen molar-refractivity contribution in [3.63, 3.8) is 0 Å². The van der Waals surface area contributed by atoms with Crippen LogP contribution in [0.4, 0.5) is 10.5 Å². The second kappa shape index (κ2) is 21.9. The van der Waals surface area contributed by atoms with Crippen molar-refractivity contribution in [2.45, 2.75) is 128 Å². The maximum Gasteiger partial charge on any atom is 0.416 e. The first-order valence-corrected chi connectivity index (χ1v) is 20.2. The maximum atomic E-state index is 14.8. The smallest absolute Gasteiger partial charge is 0.416 e. The number of benzene rings is 1. The topological polar surface area (TPSA) is 227 Å². The molecule has 3 saturated heterocycles. The van der Waals surface area contributed by atoms with Gasteiger partial charge in [0, 0.05) is 53.3 Å². The summed E-state index contributed by atoms with van der Waals surface area (Å²) in [6, 6.07) is 2.07. The molecule has 0 spiro atoms. The Bertz CT molecular complexity index is 1780. The van der Waals surface area contributed by atoms with Gasteiger partial charge in [-0.05, 0) is 51.0 Å². The third-order valence-electron chi connectivity index (χ3n) is 10.1. The molecule has 4 heterocycles. The molecule has 20 heteroatoms. The van der Waals surface area contributed by atoms with Gasteiger partial charge in [0.05, 0.1) is 31.0 Å². The lowest BCUT2D eigenvalue weighted by atomic mass is 9.98. The van der Waals surface area contributed by atoms with Crippen molar-refractivity contribution in [1.82, 2.24) is 4.90 Å². The number of esters is 5. The second-order valence-electron chi connectivity index (χ2n) is 14.6. The zero-order chi connectivity index (χ0) is 44.2. The molecule has 336 valence electrons. The number of nitrogens with zero attached hydrogens (tertiary/aromatic N) is 2. The van der Waals surface area contributed by atoms with Gasteiger partial charge >= 0.3 is 35.9 Å². The zero-order valence-corrected chi connectivity index (χ0v) is 35.0. The second-order valence-corrected chi connectivity index (χ2v) is 14.6. The van der Waals surface area contributed by atoms with Gasteiger partial charge in [0.25, 0.3) is 5.91 Å². The quantitative estimate of drug-likeness (QED) is 0.100. The van der Waals surface area contributed by atoms with Gasteiger partial charge in [-0.15, -0.1) is 0 Å². The lowest BCUT2D eigenvalue weighted by molar-refractivity contribution is -0.288. The van der Waals surface area contributed by atoms with E-state index in [0.29, 0.717) is 32.4 Å². The van der Waals surface area contributed by atoms with Crippen molar-refractivity contribution >= 4 is 47.5 Å². The minimum Gasteiger partial charge on any atom is -0.490 e. The molecule has 1 aromatic rings. The number of carbonyl (C=O) groups is 7. The van der Waals surface area contributed by atoms with E-state index in [-0.39, 0.29) is 48.8 Å². The summed E-state index contributed by atoms with van der Waals surface area (Å²) in [5.74, 6) is -4.52. The molecule has 0 aliphatic carbocycles. The van der Waals surface area contributed by atoms with Crippen LogP contribution in [-0.2, 0) is 66.6 Å². The van der Waals surface area contributed by atoms with Crippen LogP contribution in [0, 0.1) is 0 Å². The summed E-state index contributed by atoms with van der Waals surface area (Å²) in [7, 11) is 1.25. The summed E-state index contributed by atoms with van der Waals surface area (Å²) < 4.78 is 63.7. The Morgan fingerprint density at radius 2 is 1.56 bits per heavy atom. The van der Waals surface area contributed by atoms with E-state index in [1.54, 1.807) is 4.90 Å². The standard InChI is InChI=1S/C41H54N2O18/c1-7-17-54-41(50)43-29-21-30(52-19-12-14-33(48)51-6)31(20-27(29)38(49)42-16-10-8-13-28(42)39(43)61-34-15-9-11-18-53-34)59-40-37(58-26(5)47)36(57-25(4)46)35(56-24(3)45)32(60-40)22-55-23(2)44/h7,20-21,28,32,34-37,39-40H,1,8-19,22H2,2-6H3/t28-,32+,34?,35-,36-,37+,39?,40+/m0/s1. The van der Waals surface area contributed by atoms with E-state index in [1.807, 2.05) is 0 Å². The van der Waals surface area contributed by atoms with Crippen LogP contribution in [0.15, 0.2) is 24.8 Å². The summed E-state index contributed by atoms with van der Waals surface area (Å²) in [5.41, 5.74) is -0.00760. The fourth-order valence-electron chi connectivity index (χ4n) is 7.53. The van der Waals surface area contributed by atoms with E-state index >= 15 is 0 Å². The predicted molar refractivity (Wildman–Crippen MR) is 207 cm³/mol. The van der Waals surface area contributed by atoms with E-state index in [1.165, 1.54) is 30.2 Å². The van der Waals surface area contributed by atoms with Crippen LogP contribution >= 0.6 is 0 Å². The van der Waals surface area contributed by atoms with Gasteiger partial charge in [0.15, 0.2) is 36.2 Å². The predicted octanol–water partition coefficient (Wildman–Crippen LogP) is 3.49. The molecule has 0 N–H and O–H groups in total. The van der Waals surface area contributed by atoms with Crippen molar-refractivity contribution in [2.75, 3.05) is 45.0 Å². The van der Waals surface area contributed by atoms with Crippen LogP contribution in [0.5, 0.6) is 11.5 Å². The average Bonchev–Trinajstić information content (AvgIpc) is 3.31. The van der Waals surface area contributed by atoms with Crippen LogP contribution in [0.1, 0.15) is 89.4 Å². The molecule has 0 saturated carbocycles. The van der Waals surface area contributed by atoms with Gasteiger partial charge in [-0.25, -0.2) is 9.69 Å². The third-order valence-corrected chi connectivity index (χ3v) is 10.1. The van der Waals surface area contributed by atoms with Crippen molar-refractivity contribution in [3.8, 4) is 11.5 Å². The van der Waals surface area contributed by atoms with E-state index in [0.717, 1.165) is 47.0 Å². The Kier molecular flexibility index (Phi) is 16.7. The molecular weight excluding hydrogens is 808 g/mol. The molecule has 20 nitrogen and oxygen atoms in total. The number of hydrogen-bond donors (Lipinski definition) is 0. The summed E-state index contributed by atoms with van der Waals surface area (Å²) in [5, 5.41) is 0. The minimum atomic E-state index is -1.71. The number of methoxy groups -OCH3 is 1. The normalized spacial score (nSPS) is 26.0. The molecule has 61 heavy (non-hydrogen) atoms. The van der Waals surface area contributed by atoms with Crippen LogP contribution in [0.3, 0.4) is 0 Å². The molecule has 0 radical (unpaired) electrons. The summed E-state index contributed by atoms with van der Waals surface area (Å²) in [4.78, 5) is 93.3. The third kappa shape index (κ3) is 12.1. The minimum absolute atomic E-state index is 0.0241. The Morgan fingerprint density at radius 1 is 0.852 bits per heavy atom. The number of rotatable bonds is 16. The lowest BCUT2D eigenvalue weighted by Gasteiger charge is -2.44. The molecule has 0 bridgehead atoms. The highest BCUT2D eigenvalue weighted by molar-refractivity contribution is 6.06. The van der Waals surface area contributed by atoms with E-state index < -0.39 is 97.7 Å². The number of carbonyl (C=O) groups excluding carboxylic acids is 7. The first kappa shape index (κ1) is 46.6.